The predicted octanol–water partition coefficient (Wildman–Crippen LogP) is 7.94. The van der Waals surface area contributed by atoms with Gasteiger partial charge in [0, 0.05) is 87.2 Å². The van der Waals surface area contributed by atoms with Gasteiger partial charge in [-0.2, -0.15) is 10.2 Å². The van der Waals surface area contributed by atoms with Crippen molar-refractivity contribution in [3.8, 4) is 5.75 Å². The van der Waals surface area contributed by atoms with Crippen LogP contribution < -0.4 is 20.3 Å². The maximum Gasteiger partial charge on any atom is 0.273 e. The number of nitrogens with two attached hydrogens (primary N) is 1. The highest BCUT2D eigenvalue weighted by atomic mass is 19.1. The van der Waals surface area contributed by atoms with Gasteiger partial charge in [-0.05, 0) is 101 Å². The molecule has 2 N–H and O–H groups in total. The Morgan fingerprint density at radius 1 is 0.773 bits per heavy atom. The number of carbonyl (C=O) groups excluding carboxylic acids is 2. The zero-order chi connectivity index (χ0) is 45.4. The smallest absolute Gasteiger partial charge is 0.273 e. The predicted molar refractivity (Wildman–Crippen MR) is 255 cm³/mol. The van der Waals surface area contributed by atoms with Crippen LogP contribution in [-0.4, -0.2) is 108 Å². The molecule has 0 spiro atoms. The minimum atomic E-state index is -0.579. The first-order valence-electron chi connectivity index (χ1n) is 23.4. The molecule has 16 heteroatoms. The van der Waals surface area contributed by atoms with Crippen LogP contribution in [0.2, 0.25) is 0 Å². The quantitative estimate of drug-likeness (QED) is 0.158. The largest absolute Gasteiger partial charge is 0.496 e. The molecule has 0 unspecified atom stereocenters. The summed E-state index contributed by atoms with van der Waals surface area (Å²) in [4.78, 5) is 49.3. The van der Waals surface area contributed by atoms with Crippen LogP contribution in [0.15, 0.2) is 61.1 Å². The number of hydrogen-bond acceptors (Lipinski definition) is 11. The molecule has 66 heavy (non-hydrogen) atoms. The van der Waals surface area contributed by atoms with Crippen molar-refractivity contribution in [3.05, 3.63) is 106 Å². The summed E-state index contributed by atoms with van der Waals surface area (Å²) in [5, 5.41) is 9.62. The van der Waals surface area contributed by atoms with E-state index in [1.165, 1.54) is 19.6 Å². The number of piperidine rings is 2. The van der Waals surface area contributed by atoms with Crippen molar-refractivity contribution in [1.29, 1.82) is 0 Å². The molecule has 9 heterocycles. The highest BCUT2D eigenvalue weighted by Crippen LogP contribution is 2.36. The van der Waals surface area contributed by atoms with Crippen LogP contribution in [0.5, 0.6) is 5.75 Å². The number of likely N-dealkylation sites (tertiary alicyclic amines) is 2. The van der Waals surface area contributed by atoms with E-state index in [1.54, 1.807) is 21.5 Å². The van der Waals surface area contributed by atoms with Crippen LogP contribution >= 0.6 is 0 Å². The van der Waals surface area contributed by atoms with Crippen LogP contribution in [0.3, 0.4) is 0 Å². The minimum absolute atomic E-state index is 0. The van der Waals surface area contributed by atoms with Crippen LogP contribution in [-0.2, 0) is 6.42 Å². The van der Waals surface area contributed by atoms with Crippen LogP contribution in [0.25, 0.3) is 11.3 Å². The van der Waals surface area contributed by atoms with E-state index in [-0.39, 0.29) is 48.7 Å². The summed E-state index contributed by atoms with van der Waals surface area (Å²) in [5.41, 5.74) is 13.1. The van der Waals surface area contributed by atoms with E-state index in [2.05, 4.69) is 47.8 Å². The van der Waals surface area contributed by atoms with E-state index in [4.69, 9.17) is 30.6 Å². The first kappa shape index (κ1) is 46.4. The van der Waals surface area contributed by atoms with Crippen LogP contribution in [0, 0.1) is 25.6 Å². The molecular weight excluding hydrogens is 836 g/mol. The number of halogens is 1. The highest BCUT2D eigenvalue weighted by molar-refractivity contribution is 5.97. The molecule has 4 fully saturated rings. The summed E-state index contributed by atoms with van der Waals surface area (Å²) < 4.78 is 23.6. The third kappa shape index (κ3) is 9.29. The molecule has 4 aliphatic heterocycles. The second-order valence-corrected chi connectivity index (χ2v) is 18.3. The molecule has 1 aromatic carbocycles. The molecule has 15 nitrogen and oxygen atoms in total. The number of ether oxygens (including phenoxy) is 1. The number of rotatable bonds is 8. The van der Waals surface area contributed by atoms with Gasteiger partial charge in [-0.1, -0.05) is 33.4 Å². The lowest BCUT2D eigenvalue weighted by Crippen LogP contribution is -2.39. The molecule has 5 aromatic heterocycles. The number of nitrogens with zero attached hydrogens (tertiary/aromatic N) is 11. The summed E-state index contributed by atoms with van der Waals surface area (Å²) in [6.07, 6.45) is 14.6. The molecule has 10 rings (SSSR count). The Morgan fingerprint density at radius 2 is 1.36 bits per heavy atom. The zero-order valence-corrected chi connectivity index (χ0v) is 38.3. The van der Waals surface area contributed by atoms with Crippen molar-refractivity contribution in [2.45, 2.75) is 111 Å². The highest BCUT2D eigenvalue weighted by Gasteiger charge is 2.35. The SMILES string of the molecule is C.CCc1ccc(C(=O)N2CCCC[C@H]2c2cc3nc(N4CC[C@H](C)C4)c(C)cn3n2)nc1.COc1cccc(F)c1C(=O)N1CCCC[C@H]1c1cc2nc(N3CC[C@H](N)C3)c(C)cn2n1. The van der Waals surface area contributed by atoms with Gasteiger partial charge in [0.05, 0.1) is 30.6 Å². The third-order valence-corrected chi connectivity index (χ3v) is 13.6. The lowest BCUT2D eigenvalue weighted by molar-refractivity contribution is 0.0591. The number of fused-ring (bicyclic) bond motifs is 2. The van der Waals surface area contributed by atoms with Crippen LogP contribution in [0.1, 0.15) is 134 Å². The molecule has 350 valence electrons. The van der Waals surface area contributed by atoms with Gasteiger partial charge < -0.3 is 30.1 Å². The van der Waals surface area contributed by atoms with Gasteiger partial charge in [0.15, 0.2) is 11.3 Å². The van der Waals surface area contributed by atoms with Gasteiger partial charge in [-0.25, -0.2) is 23.4 Å². The second-order valence-electron chi connectivity index (χ2n) is 18.3. The maximum atomic E-state index is 14.6. The van der Waals surface area contributed by atoms with Crippen molar-refractivity contribution in [2.75, 3.05) is 56.2 Å². The van der Waals surface area contributed by atoms with E-state index in [9.17, 15) is 14.0 Å². The van der Waals surface area contributed by atoms with Gasteiger partial charge in [0.1, 0.15) is 34.5 Å². The fourth-order valence-electron chi connectivity index (χ4n) is 10.0. The van der Waals surface area contributed by atoms with E-state index >= 15 is 0 Å². The van der Waals surface area contributed by atoms with Crippen molar-refractivity contribution < 1.29 is 18.7 Å². The standard InChI is InChI=1S/C25H32N6O.C24H29FN6O2.CH4/c1-4-19-8-9-20(26-14-19)25(32)30-11-6-5-7-22(30)21-13-23-27-24(18(3)16-31(23)28-21)29-12-10-17(2)15-29;1-15-13-31-21(27-23(15)29-11-9-16(26)14-29)12-18(28-31)19-7-3-4-10-30(19)24(32)22-17(25)6-5-8-20(22)33-2;/h8-9,13-14,16-17,22H,4-7,10-12,15H2,1-3H3;5-6,8,12-13,16,19H,3-4,7,9-11,14,26H2,1-2H3;1H4/t17-,22-;16-,19-;/m00./s1. The molecule has 2 amide bonds. The minimum Gasteiger partial charge on any atom is -0.496 e. The van der Waals surface area contributed by atoms with E-state index in [0.717, 1.165) is 135 Å². The lowest BCUT2D eigenvalue weighted by atomic mass is 9.98. The molecule has 4 saturated heterocycles. The molecule has 0 radical (unpaired) electrons. The Balaban J connectivity index is 0.000000177. The molecule has 4 atom stereocenters. The third-order valence-electron chi connectivity index (χ3n) is 13.6. The Hall–Kier alpha value is -6.16. The normalized spacial score (nSPS) is 21.0. The van der Waals surface area contributed by atoms with E-state index < -0.39 is 5.82 Å². The average molecular weight is 901 g/mol. The van der Waals surface area contributed by atoms with E-state index in [0.29, 0.717) is 18.2 Å². The van der Waals surface area contributed by atoms with Gasteiger partial charge in [-0.3, -0.25) is 14.6 Å². The zero-order valence-electron chi connectivity index (χ0n) is 38.3. The molecule has 0 saturated carbocycles. The summed E-state index contributed by atoms with van der Waals surface area (Å²) in [7, 11) is 1.44. The Labute approximate surface area is 387 Å². The van der Waals surface area contributed by atoms with Crippen molar-refractivity contribution >= 4 is 34.7 Å². The fraction of sp³-hybridized carbons (Fsp3) is 0.500. The average Bonchev–Trinajstić information content (AvgIpc) is 4.15. The number of aromatic nitrogens is 7. The monoisotopic (exact) mass is 901 g/mol. The van der Waals surface area contributed by atoms with Gasteiger partial charge >= 0.3 is 0 Å². The summed E-state index contributed by atoms with van der Waals surface area (Å²) in [6, 6.07) is 12.2. The van der Waals surface area contributed by atoms with Gasteiger partial charge in [0.2, 0.25) is 0 Å². The van der Waals surface area contributed by atoms with Gasteiger partial charge in [0.25, 0.3) is 11.8 Å². The number of anilines is 2. The maximum absolute atomic E-state index is 14.6. The molecule has 0 aliphatic carbocycles. The number of carbonyl (C=O) groups is 2. The number of benzene rings is 1. The number of aryl methyl sites for hydroxylation is 3. The summed E-state index contributed by atoms with van der Waals surface area (Å²) in [6.45, 7) is 13.6. The Morgan fingerprint density at radius 3 is 1.88 bits per heavy atom. The molecule has 4 aliphatic rings. The number of methoxy groups -OCH3 is 1. The fourth-order valence-corrected chi connectivity index (χ4v) is 10.0. The first-order chi connectivity index (χ1) is 31.5. The first-order valence-corrected chi connectivity index (χ1v) is 23.4. The lowest BCUT2D eigenvalue weighted by Gasteiger charge is -2.35. The Kier molecular flexibility index (Phi) is 13.9. The number of pyridine rings is 1. The summed E-state index contributed by atoms with van der Waals surface area (Å²) >= 11 is 0. The van der Waals surface area contributed by atoms with Crippen LogP contribution in [0.4, 0.5) is 16.0 Å². The van der Waals surface area contributed by atoms with Gasteiger partial charge in [-0.15, -0.1) is 0 Å². The second kappa shape index (κ2) is 19.7. The molecule has 6 aromatic rings. The van der Waals surface area contributed by atoms with E-state index in [1.807, 2.05) is 46.9 Å². The topological polar surface area (TPSA) is 156 Å². The summed E-state index contributed by atoms with van der Waals surface area (Å²) in [5.74, 6) is 1.97. The molecule has 0 bridgehead atoms. The Bertz CT molecular complexity index is 2680. The van der Waals surface area contributed by atoms with Crippen molar-refractivity contribution in [1.82, 2.24) is 44.0 Å². The molecular formula is C50H65FN12O3. The van der Waals surface area contributed by atoms with Crippen molar-refractivity contribution in [2.24, 2.45) is 11.7 Å². The number of amides is 2. The number of hydrogen-bond donors (Lipinski definition) is 1. The van der Waals surface area contributed by atoms with Crippen molar-refractivity contribution in [3.63, 3.8) is 0 Å².